The standard InChI is InChI=1S/C16H16N4O2/c1-9-8-14(10(2)22-9)16(21)18-13-6-4-12(5-7-13)15-17-11(3)19-20-15/h4-8H,1-3H3,(H,18,21)(H,17,19,20). The molecule has 6 nitrogen and oxygen atoms in total. The van der Waals surface area contributed by atoms with Crippen LogP contribution in [0.1, 0.15) is 27.7 Å². The smallest absolute Gasteiger partial charge is 0.259 e. The first-order chi connectivity index (χ1) is 10.5. The van der Waals surface area contributed by atoms with E-state index in [1.807, 2.05) is 38.1 Å². The van der Waals surface area contributed by atoms with Gasteiger partial charge >= 0.3 is 0 Å². The summed E-state index contributed by atoms with van der Waals surface area (Å²) in [5, 5.41) is 9.75. The highest BCUT2D eigenvalue weighted by atomic mass is 16.3. The normalized spacial score (nSPS) is 10.7. The highest BCUT2D eigenvalue weighted by Gasteiger charge is 2.13. The number of amides is 1. The molecule has 2 heterocycles. The van der Waals surface area contributed by atoms with Crippen LogP contribution in [0.25, 0.3) is 11.4 Å². The summed E-state index contributed by atoms with van der Waals surface area (Å²) in [6.07, 6.45) is 0. The van der Waals surface area contributed by atoms with Gasteiger partial charge in [0, 0.05) is 11.3 Å². The van der Waals surface area contributed by atoms with Crippen LogP contribution in [0.5, 0.6) is 0 Å². The van der Waals surface area contributed by atoms with Crippen LogP contribution in [0.2, 0.25) is 0 Å². The summed E-state index contributed by atoms with van der Waals surface area (Å²) in [4.78, 5) is 16.5. The van der Waals surface area contributed by atoms with Gasteiger partial charge in [-0.3, -0.25) is 9.89 Å². The second-order valence-corrected chi connectivity index (χ2v) is 5.10. The molecule has 0 bridgehead atoms. The Hall–Kier alpha value is -2.89. The van der Waals surface area contributed by atoms with Crippen LogP contribution < -0.4 is 5.32 Å². The van der Waals surface area contributed by atoms with E-state index in [0.717, 1.165) is 17.1 Å². The molecule has 0 saturated heterocycles. The number of furan rings is 1. The predicted molar refractivity (Wildman–Crippen MR) is 82.7 cm³/mol. The van der Waals surface area contributed by atoms with Crippen LogP contribution in [-0.4, -0.2) is 21.1 Å². The van der Waals surface area contributed by atoms with E-state index in [4.69, 9.17) is 4.42 Å². The van der Waals surface area contributed by atoms with Gasteiger partial charge in [-0.05, 0) is 51.1 Å². The van der Waals surface area contributed by atoms with Gasteiger partial charge in [-0.1, -0.05) is 0 Å². The van der Waals surface area contributed by atoms with Crippen molar-refractivity contribution in [2.45, 2.75) is 20.8 Å². The molecule has 6 heteroatoms. The summed E-state index contributed by atoms with van der Waals surface area (Å²) in [5.41, 5.74) is 2.14. The molecule has 0 aliphatic rings. The number of aromatic amines is 1. The van der Waals surface area contributed by atoms with E-state index in [1.165, 1.54) is 0 Å². The molecule has 0 aliphatic heterocycles. The van der Waals surface area contributed by atoms with Crippen LogP contribution in [0.3, 0.4) is 0 Å². The van der Waals surface area contributed by atoms with Gasteiger partial charge in [0.05, 0.1) is 5.56 Å². The number of anilines is 1. The molecule has 0 aliphatic carbocycles. The molecule has 0 radical (unpaired) electrons. The van der Waals surface area contributed by atoms with Gasteiger partial charge in [0.2, 0.25) is 0 Å². The zero-order valence-electron chi connectivity index (χ0n) is 12.6. The molecule has 2 aromatic heterocycles. The molecule has 0 unspecified atom stereocenters. The van der Waals surface area contributed by atoms with Crippen molar-refractivity contribution in [1.82, 2.24) is 15.2 Å². The van der Waals surface area contributed by atoms with E-state index in [2.05, 4.69) is 20.5 Å². The van der Waals surface area contributed by atoms with E-state index in [1.54, 1.807) is 13.0 Å². The quantitative estimate of drug-likeness (QED) is 0.777. The second-order valence-electron chi connectivity index (χ2n) is 5.10. The van der Waals surface area contributed by atoms with Crippen LogP contribution in [0, 0.1) is 20.8 Å². The minimum Gasteiger partial charge on any atom is -0.466 e. The van der Waals surface area contributed by atoms with E-state index >= 15 is 0 Å². The Kier molecular flexibility index (Phi) is 3.50. The number of aromatic nitrogens is 3. The van der Waals surface area contributed by atoms with Crippen molar-refractivity contribution in [2.24, 2.45) is 0 Å². The fourth-order valence-electron chi connectivity index (χ4n) is 2.23. The first kappa shape index (κ1) is 14.1. The zero-order valence-corrected chi connectivity index (χ0v) is 12.6. The third kappa shape index (κ3) is 2.76. The van der Waals surface area contributed by atoms with Crippen LogP contribution in [-0.2, 0) is 0 Å². The van der Waals surface area contributed by atoms with Crippen LogP contribution in [0.4, 0.5) is 5.69 Å². The lowest BCUT2D eigenvalue weighted by atomic mass is 10.2. The highest BCUT2D eigenvalue weighted by molar-refractivity contribution is 6.05. The Balaban J connectivity index is 1.76. The highest BCUT2D eigenvalue weighted by Crippen LogP contribution is 2.20. The number of aryl methyl sites for hydroxylation is 3. The number of rotatable bonds is 3. The van der Waals surface area contributed by atoms with Crippen molar-refractivity contribution in [3.05, 3.63) is 53.2 Å². The molecule has 0 atom stereocenters. The monoisotopic (exact) mass is 296 g/mol. The van der Waals surface area contributed by atoms with Gasteiger partial charge in [0.25, 0.3) is 5.91 Å². The molecule has 1 amide bonds. The van der Waals surface area contributed by atoms with Crippen molar-refractivity contribution in [1.29, 1.82) is 0 Å². The predicted octanol–water partition coefficient (Wildman–Crippen LogP) is 3.24. The number of nitrogens with one attached hydrogen (secondary N) is 2. The maximum atomic E-state index is 12.2. The average Bonchev–Trinajstić information content (AvgIpc) is 3.05. The maximum absolute atomic E-state index is 12.2. The molecular formula is C16H16N4O2. The summed E-state index contributed by atoms with van der Waals surface area (Å²) in [6.45, 7) is 5.44. The van der Waals surface area contributed by atoms with Gasteiger partial charge in [-0.15, -0.1) is 0 Å². The van der Waals surface area contributed by atoms with E-state index in [9.17, 15) is 4.79 Å². The number of nitrogens with zero attached hydrogens (tertiary/aromatic N) is 2. The summed E-state index contributed by atoms with van der Waals surface area (Å²) in [5.74, 6) is 2.55. The number of benzene rings is 1. The van der Waals surface area contributed by atoms with Gasteiger partial charge < -0.3 is 9.73 Å². The Morgan fingerprint density at radius 1 is 1.18 bits per heavy atom. The fraction of sp³-hybridized carbons (Fsp3) is 0.188. The molecule has 2 N–H and O–H groups in total. The Bertz CT molecular complexity index is 815. The Labute approximate surface area is 127 Å². The third-order valence-corrected chi connectivity index (χ3v) is 3.28. The molecule has 0 spiro atoms. The number of hydrogen-bond donors (Lipinski definition) is 2. The molecule has 0 saturated carbocycles. The van der Waals surface area contributed by atoms with Gasteiger partial charge in [0.1, 0.15) is 17.3 Å². The second kappa shape index (κ2) is 5.48. The van der Waals surface area contributed by atoms with E-state index < -0.39 is 0 Å². The Morgan fingerprint density at radius 3 is 2.45 bits per heavy atom. The minimum absolute atomic E-state index is 0.184. The van der Waals surface area contributed by atoms with Crippen molar-refractivity contribution < 1.29 is 9.21 Å². The first-order valence-corrected chi connectivity index (χ1v) is 6.91. The lowest BCUT2D eigenvalue weighted by molar-refractivity contribution is 0.102. The summed E-state index contributed by atoms with van der Waals surface area (Å²) in [7, 11) is 0. The lowest BCUT2D eigenvalue weighted by Crippen LogP contribution is -2.11. The fourth-order valence-corrected chi connectivity index (χ4v) is 2.23. The number of H-pyrrole nitrogens is 1. The molecule has 3 rings (SSSR count). The lowest BCUT2D eigenvalue weighted by Gasteiger charge is -2.04. The SMILES string of the molecule is Cc1nc(-c2ccc(NC(=O)c3cc(C)oc3C)cc2)n[nH]1. The topological polar surface area (TPSA) is 83.8 Å². The molecule has 1 aromatic carbocycles. The van der Waals surface area contributed by atoms with Crippen molar-refractivity contribution in [3.63, 3.8) is 0 Å². The molecule has 3 aromatic rings. The van der Waals surface area contributed by atoms with Gasteiger partial charge in [0.15, 0.2) is 5.82 Å². The first-order valence-electron chi connectivity index (χ1n) is 6.91. The molecule has 0 fully saturated rings. The molecule has 112 valence electrons. The van der Waals surface area contributed by atoms with Crippen LogP contribution >= 0.6 is 0 Å². The van der Waals surface area contributed by atoms with E-state index in [0.29, 0.717) is 22.8 Å². The number of carbonyl (C=O) groups excluding carboxylic acids is 1. The van der Waals surface area contributed by atoms with Gasteiger partial charge in [-0.25, -0.2) is 4.98 Å². The molecule has 22 heavy (non-hydrogen) atoms. The minimum atomic E-state index is -0.184. The number of carbonyl (C=O) groups is 1. The van der Waals surface area contributed by atoms with Crippen LogP contribution in [0.15, 0.2) is 34.7 Å². The summed E-state index contributed by atoms with van der Waals surface area (Å²) < 4.78 is 5.37. The zero-order chi connectivity index (χ0) is 15.7. The van der Waals surface area contributed by atoms with Gasteiger partial charge in [-0.2, -0.15) is 5.10 Å². The Morgan fingerprint density at radius 2 is 1.91 bits per heavy atom. The van der Waals surface area contributed by atoms with Crippen molar-refractivity contribution in [3.8, 4) is 11.4 Å². The van der Waals surface area contributed by atoms with Crippen molar-refractivity contribution >= 4 is 11.6 Å². The van der Waals surface area contributed by atoms with E-state index in [-0.39, 0.29) is 5.91 Å². The molecular weight excluding hydrogens is 280 g/mol. The average molecular weight is 296 g/mol. The maximum Gasteiger partial charge on any atom is 0.259 e. The number of hydrogen-bond acceptors (Lipinski definition) is 4. The summed E-state index contributed by atoms with van der Waals surface area (Å²) >= 11 is 0. The third-order valence-electron chi connectivity index (χ3n) is 3.28. The largest absolute Gasteiger partial charge is 0.466 e. The van der Waals surface area contributed by atoms with Crippen molar-refractivity contribution in [2.75, 3.05) is 5.32 Å². The summed E-state index contributed by atoms with van der Waals surface area (Å²) in [6, 6.07) is 9.11.